The molecule has 1 aromatic rings. The van der Waals surface area contributed by atoms with E-state index in [-0.39, 0.29) is 5.54 Å². The third-order valence-electron chi connectivity index (χ3n) is 3.62. The lowest BCUT2D eigenvalue weighted by Gasteiger charge is -2.35. The zero-order valence-electron chi connectivity index (χ0n) is 13.9. The first kappa shape index (κ1) is 16.5. The fourth-order valence-corrected chi connectivity index (χ4v) is 1.53. The Morgan fingerprint density at radius 2 is 1.60 bits per heavy atom. The minimum absolute atomic E-state index is 0.00691. The van der Waals surface area contributed by atoms with Crippen molar-refractivity contribution in [3.05, 3.63) is 0 Å². The maximum Gasteiger partial charge on any atom is 0.232 e. The number of hydrogen-bond acceptors (Lipinski definition) is 6. The molecule has 114 valence electrons. The number of hydrogen-bond donors (Lipinski definition) is 1. The summed E-state index contributed by atoms with van der Waals surface area (Å²) in [5.74, 6) is 2.01. The molecule has 6 nitrogen and oxygen atoms in total. The maximum atomic E-state index is 4.54. The molecule has 0 saturated heterocycles. The van der Waals surface area contributed by atoms with Crippen molar-refractivity contribution in [1.82, 2.24) is 15.0 Å². The van der Waals surface area contributed by atoms with E-state index in [2.05, 4.69) is 52.9 Å². The second-order valence-electron chi connectivity index (χ2n) is 5.81. The van der Waals surface area contributed by atoms with Gasteiger partial charge in [0.2, 0.25) is 17.8 Å². The topological polar surface area (TPSA) is 57.2 Å². The average Bonchev–Trinajstić information content (AvgIpc) is 2.43. The number of rotatable bonds is 7. The summed E-state index contributed by atoms with van der Waals surface area (Å²) in [4.78, 5) is 17.5. The van der Waals surface area contributed by atoms with Gasteiger partial charge < -0.3 is 15.1 Å². The van der Waals surface area contributed by atoms with Crippen molar-refractivity contribution in [3.63, 3.8) is 0 Å². The number of nitrogens with one attached hydrogen (secondary N) is 1. The van der Waals surface area contributed by atoms with Gasteiger partial charge in [-0.25, -0.2) is 0 Å². The molecule has 1 heterocycles. The van der Waals surface area contributed by atoms with Gasteiger partial charge >= 0.3 is 0 Å². The highest BCUT2D eigenvalue weighted by Crippen LogP contribution is 2.23. The van der Waals surface area contributed by atoms with Crippen LogP contribution in [0, 0.1) is 0 Å². The lowest BCUT2D eigenvalue weighted by Crippen LogP contribution is -2.42. The van der Waals surface area contributed by atoms with Gasteiger partial charge in [-0.15, -0.1) is 0 Å². The van der Waals surface area contributed by atoms with Crippen molar-refractivity contribution in [2.24, 2.45) is 0 Å². The quantitative estimate of drug-likeness (QED) is 0.827. The van der Waals surface area contributed by atoms with E-state index in [0.717, 1.165) is 19.4 Å². The Morgan fingerprint density at radius 1 is 1.00 bits per heavy atom. The summed E-state index contributed by atoms with van der Waals surface area (Å²) in [5, 5.41) is 3.24. The van der Waals surface area contributed by atoms with Gasteiger partial charge in [0.15, 0.2) is 0 Å². The summed E-state index contributed by atoms with van der Waals surface area (Å²) >= 11 is 0. The molecule has 0 aliphatic heterocycles. The number of nitrogens with zero attached hydrogens (tertiary/aromatic N) is 5. The molecule has 0 fully saturated rings. The Balaban J connectivity index is 3.14. The summed E-state index contributed by atoms with van der Waals surface area (Å²) in [6.07, 6.45) is 2.05. The van der Waals surface area contributed by atoms with E-state index in [1.54, 1.807) is 0 Å². The molecule has 6 heteroatoms. The lowest BCUT2D eigenvalue weighted by molar-refractivity contribution is 0.463. The van der Waals surface area contributed by atoms with Crippen molar-refractivity contribution in [2.75, 3.05) is 42.8 Å². The summed E-state index contributed by atoms with van der Waals surface area (Å²) in [7, 11) is 5.91. The standard InChI is InChI=1S/C14H28N6/c1-8-10-15-11-16-12(19(5)6)18-13(17-11)20(7)14(3,4)9-2/h8-10H2,1-7H3,(H,15,16,17,18). The second-order valence-corrected chi connectivity index (χ2v) is 5.81. The van der Waals surface area contributed by atoms with E-state index in [1.165, 1.54) is 0 Å². The smallest absolute Gasteiger partial charge is 0.232 e. The normalized spacial score (nSPS) is 11.3. The number of anilines is 3. The van der Waals surface area contributed by atoms with Gasteiger partial charge in [-0.3, -0.25) is 0 Å². The molecule has 0 amide bonds. The average molecular weight is 280 g/mol. The van der Waals surface area contributed by atoms with Crippen LogP contribution in [0.5, 0.6) is 0 Å². The molecule has 0 unspecified atom stereocenters. The number of aromatic nitrogens is 3. The third-order valence-corrected chi connectivity index (χ3v) is 3.62. The van der Waals surface area contributed by atoms with Crippen LogP contribution in [0.1, 0.15) is 40.5 Å². The molecule has 0 spiro atoms. The Hall–Kier alpha value is -1.59. The molecule has 0 aliphatic rings. The molecular weight excluding hydrogens is 252 g/mol. The second kappa shape index (κ2) is 6.72. The van der Waals surface area contributed by atoms with Crippen LogP contribution in [0.15, 0.2) is 0 Å². The largest absolute Gasteiger partial charge is 0.354 e. The Labute approximate surface area is 122 Å². The summed E-state index contributed by atoms with van der Waals surface area (Å²) in [5.41, 5.74) is 0.00691. The lowest BCUT2D eigenvalue weighted by atomic mass is 10.0. The van der Waals surface area contributed by atoms with Crippen molar-refractivity contribution in [1.29, 1.82) is 0 Å². The first-order valence-electron chi connectivity index (χ1n) is 7.23. The van der Waals surface area contributed by atoms with Crippen molar-refractivity contribution in [3.8, 4) is 0 Å². The van der Waals surface area contributed by atoms with Crippen molar-refractivity contribution >= 4 is 17.8 Å². The van der Waals surface area contributed by atoms with Crippen molar-refractivity contribution in [2.45, 2.75) is 46.1 Å². The monoisotopic (exact) mass is 280 g/mol. The van der Waals surface area contributed by atoms with Crippen LogP contribution in [-0.2, 0) is 0 Å². The van der Waals surface area contributed by atoms with E-state index in [9.17, 15) is 0 Å². The first-order chi connectivity index (χ1) is 9.31. The van der Waals surface area contributed by atoms with Gasteiger partial charge in [-0.2, -0.15) is 15.0 Å². The van der Waals surface area contributed by atoms with E-state index in [4.69, 9.17) is 0 Å². The highest BCUT2D eigenvalue weighted by Gasteiger charge is 2.24. The Morgan fingerprint density at radius 3 is 2.10 bits per heavy atom. The van der Waals surface area contributed by atoms with Crippen LogP contribution in [0.3, 0.4) is 0 Å². The summed E-state index contributed by atoms with van der Waals surface area (Å²) in [6, 6.07) is 0. The van der Waals surface area contributed by atoms with E-state index < -0.39 is 0 Å². The van der Waals surface area contributed by atoms with Crippen LogP contribution in [0.4, 0.5) is 17.8 Å². The molecule has 1 N–H and O–H groups in total. The van der Waals surface area contributed by atoms with Gasteiger partial charge in [-0.05, 0) is 26.7 Å². The van der Waals surface area contributed by atoms with E-state index in [1.807, 2.05) is 26.0 Å². The summed E-state index contributed by atoms with van der Waals surface area (Å²) < 4.78 is 0. The fourth-order valence-electron chi connectivity index (χ4n) is 1.53. The van der Waals surface area contributed by atoms with Gasteiger partial charge in [0, 0.05) is 33.2 Å². The molecule has 20 heavy (non-hydrogen) atoms. The van der Waals surface area contributed by atoms with Gasteiger partial charge in [0.05, 0.1) is 0 Å². The highest BCUT2D eigenvalue weighted by molar-refractivity contribution is 5.45. The molecule has 0 aliphatic carbocycles. The molecule has 1 aromatic heterocycles. The fraction of sp³-hybridized carbons (Fsp3) is 0.786. The third kappa shape index (κ3) is 3.95. The molecule has 0 atom stereocenters. The Bertz CT molecular complexity index is 430. The van der Waals surface area contributed by atoms with Crippen molar-refractivity contribution < 1.29 is 0 Å². The maximum absolute atomic E-state index is 4.54. The minimum Gasteiger partial charge on any atom is -0.354 e. The molecule has 0 aromatic carbocycles. The molecule has 0 bridgehead atoms. The van der Waals surface area contributed by atoms with Crippen LogP contribution in [0.2, 0.25) is 0 Å². The molecule has 0 radical (unpaired) electrons. The first-order valence-corrected chi connectivity index (χ1v) is 7.23. The van der Waals surface area contributed by atoms with Crippen LogP contribution in [0.25, 0.3) is 0 Å². The molecular formula is C14H28N6. The predicted molar refractivity (Wildman–Crippen MR) is 85.7 cm³/mol. The van der Waals surface area contributed by atoms with Gasteiger partial charge in [-0.1, -0.05) is 13.8 Å². The van der Waals surface area contributed by atoms with Gasteiger partial charge in [0.1, 0.15) is 0 Å². The zero-order chi connectivity index (χ0) is 15.3. The predicted octanol–water partition coefficient (Wildman–Crippen LogP) is 2.38. The Kier molecular flexibility index (Phi) is 5.53. The van der Waals surface area contributed by atoms with E-state index >= 15 is 0 Å². The minimum atomic E-state index is 0.00691. The van der Waals surface area contributed by atoms with Gasteiger partial charge in [0.25, 0.3) is 0 Å². The zero-order valence-corrected chi connectivity index (χ0v) is 13.9. The molecule has 0 saturated carbocycles. The van der Waals surface area contributed by atoms with Crippen LogP contribution in [-0.4, -0.2) is 48.2 Å². The summed E-state index contributed by atoms with van der Waals surface area (Å²) in [6.45, 7) is 9.52. The van der Waals surface area contributed by atoms with Crippen LogP contribution < -0.4 is 15.1 Å². The van der Waals surface area contributed by atoms with Crippen LogP contribution >= 0.6 is 0 Å². The highest BCUT2D eigenvalue weighted by atomic mass is 15.4. The molecule has 1 rings (SSSR count). The SMILES string of the molecule is CCCNc1nc(N(C)C)nc(N(C)C(C)(C)CC)n1. The van der Waals surface area contributed by atoms with E-state index in [0.29, 0.717) is 17.8 Å².